The van der Waals surface area contributed by atoms with Crippen LogP contribution in [0, 0.1) is 0 Å². The molecule has 208 valence electrons. The van der Waals surface area contributed by atoms with Gasteiger partial charge < -0.3 is 5.11 Å². The summed E-state index contributed by atoms with van der Waals surface area (Å²) in [5.41, 5.74) is 0.356. The minimum Gasteiger partial charge on any atom is -0.386 e. The standard InChI is InChI=1S/C37H50OSi/c1-5-6-7-8-9-10-11-21-30-37(38,31-22-23-32(2)3)33(4)39(34-24-15-12-16-25-34,35-26-17-13-18-27-35)36-28-19-14-20-29-36/h12-20,23-29,38H,4-11,21-22,30-31H2,1-3H3. The monoisotopic (exact) mass is 538 g/mol. The van der Waals surface area contributed by atoms with Gasteiger partial charge in [0.05, 0.1) is 5.60 Å². The SMILES string of the molecule is C=C(C(O)(CCC=C(C)C)CCCCCCCCCC)[Si](c1ccccc1)(c1ccccc1)c1ccccc1. The molecule has 0 saturated carbocycles. The Labute approximate surface area is 239 Å². The summed E-state index contributed by atoms with van der Waals surface area (Å²) in [5, 5.41) is 17.6. The maximum Gasteiger partial charge on any atom is 0.177 e. The van der Waals surface area contributed by atoms with Crippen molar-refractivity contribution in [3.63, 3.8) is 0 Å². The lowest BCUT2D eigenvalue weighted by molar-refractivity contribution is 0.0648. The van der Waals surface area contributed by atoms with Crippen molar-refractivity contribution in [1.29, 1.82) is 0 Å². The molecule has 3 aromatic rings. The number of unbranched alkanes of at least 4 members (excludes halogenated alkanes) is 7. The van der Waals surface area contributed by atoms with Crippen LogP contribution in [0.15, 0.2) is 114 Å². The van der Waals surface area contributed by atoms with Gasteiger partial charge >= 0.3 is 0 Å². The Bertz CT molecular complexity index is 1040. The molecule has 0 saturated heterocycles. The second-order valence-electron chi connectivity index (χ2n) is 11.4. The molecule has 1 atom stereocenters. The summed E-state index contributed by atoms with van der Waals surface area (Å²) < 4.78 is 0. The smallest absolute Gasteiger partial charge is 0.177 e. The molecule has 0 aliphatic carbocycles. The molecule has 0 fully saturated rings. The van der Waals surface area contributed by atoms with E-state index in [9.17, 15) is 5.11 Å². The molecule has 1 unspecified atom stereocenters. The highest BCUT2D eigenvalue weighted by Crippen LogP contribution is 2.34. The van der Waals surface area contributed by atoms with Crippen LogP contribution in [-0.4, -0.2) is 18.8 Å². The molecule has 0 aliphatic heterocycles. The first-order valence-electron chi connectivity index (χ1n) is 15.2. The van der Waals surface area contributed by atoms with Crippen LogP contribution in [0.1, 0.15) is 91.4 Å². The van der Waals surface area contributed by atoms with Gasteiger partial charge in [-0.1, -0.05) is 168 Å². The number of benzene rings is 3. The van der Waals surface area contributed by atoms with Gasteiger partial charge in [0.25, 0.3) is 0 Å². The van der Waals surface area contributed by atoms with Crippen molar-refractivity contribution in [3.05, 3.63) is 114 Å². The van der Waals surface area contributed by atoms with Crippen molar-refractivity contribution in [2.45, 2.75) is 97.0 Å². The highest BCUT2D eigenvalue weighted by molar-refractivity contribution is 7.16. The Hall–Kier alpha value is -2.68. The number of aliphatic hydroxyl groups is 1. The van der Waals surface area contributed by atoms with Crippen LogP contribution < -0.4 is 15.6 Å². The van der Waals surface area contributed by atoms with Gasteiger partial charge in [-0.2, -0.15) is 0 Å². The number of allylic oxidation sites excluding steroid dienone is 2. The van der Waals surface area contributed by atoms with Gasteiger partial charge in [-0.15, -0.1) is 0 Å². The third-order valence-corrected chi connectivity index (χ3v) is 13.2. The molecule has 0 radical (unpaired) electrons. The van der Waals surface area contributed by atoms with Crippen LogP contribution in [-0.2, 0) is 0 Å². The Morgan fingerprint density at radius 2 is 1.08 bits per heavy atom. The average Bonchev–Trinajstić information content (AvgIpc) is 2.96. The van der Waals surface area contributed by atoms with E-state index in [-0.39, 0.29) is 0 Å². The van der Waals surface area contributed by atoms with Crippen LogP contribution in [0.4, 0.5) is 0 Å². The molecule has 39 heavy (non-hydrogen) atoms. The summed E-state index contributed by atoms with van der Waals surface area (Å²) in [7, 11) is -2.80. The molecular formula is C37H50OSi. The topological polar surface area (TPSA) is 20.2 Å². The number of rotatable bonds is 17. The predicted molar refractivity (Wildman–Crippen MR) is 174 cm³/mol. The summed E-state index contributed by atoms with van der Waals surface area (Å²) in [6, 6.07) is 32.6. The van der Waals surface area contributed by atoms with Crippen LogP contribution in [0.3, 0.4) is 0 Å². The minimum atomic E-state index is -2.80. The zero-order valence-electron chi connectivity index (χ0n) is 24.7. The van der Waals surface area contributed by atoms with E-state index < -0.39 is 13.7 Å². The van der Waals surface area contributed by atoms with Gasteiger partial charge in [0.2, 0.25) is 0 Å². The molecule has 0 aliphatic rings. The molecule has 0 spiro atoms. The van der Waals surface area contributed by atoms with Crippen molar-refractivity contribution >= 4 is 23.6 Å². The average molecular weight is 539 g/mol. The predicted octanol–water partition coefficient (Wildman–Crippen LogP) is 8.26. The molecule has 0 bridgehead atoms. The fraction of sp³-hybridized carbons (Fsp3) is 0.405. The zero-order valence-corrected chi connectivity index (χ0v) is 25.7. The van der Waals surface area contributed by atoms with Crippen molar-refractivity contribution < 1.29 is 5.11 Å². The zero-order chi connectivity index (χ0) is 28.0. The molecule has 3 rings (SSSR count). The van der Waals surface area contributed by atoms with Crippen molar-refractivity contribution in [2.24, 2.45) is 0 Å². The third-order valence-electron chi connectivity index (χ3n) is 8.19. The summed E-state index contributed by atoms with van der Waals surface area (Å²) in [4.78, 5) is 0. The minimum absolute atomic E-state index is 0.703. The second kappa shape index (κ2) is 15.8. The van der Waals surface area contributed by atoms with E-state index in [4.69, 9.17) is 6.58 Å². The van der Waals surface area contributed by atoms with Crippen molar-refractivity contribution in [3.8, 4) is 0 Å². The number of hydrogen-bond acceptors (Lipinski definition) is 1. The van der Waals surface area contributed by atoms with Gasteiger partial charge in [-0.3, -0.25) is 0 Å². The van der Waals surface area contributed by atoms with E-state index in [1.54, 1.807) is 0 Å². The van der Waals surface area contributed by atoms with Gasteiger partial charge in [0.15, 0.2) is 8.07 Å². The number of hydrogen-bond donors (Lipinski definition) is 1. The fourth-order valence-electron chi connectivity index (χ4n) is 6.01. The van der Waals surface area contributed by atoms with E-state index in [0.717, 1.165) is 24.5 Å². The summed E-state index contributed by atoms with van der Waals surface area (Å²) in [6.07, 6.45) is 14.6. The molecule has 1 N–H and O–H groups in total. The second-order valence-corrected chi connectivity index (χ2v) is 15.2. The normalized spacial score (nSPS) is 13.0. The highest BCUT2D eigenvalue weighted by atomic mass is 28.3. The van der Waals surface area contributed by atoms with E-state index in [0.29, 0.717) is 6.42 Å². The van der Waals surface area contributed by atoms with Crippen LogP contribution >= 0.6 is 0 Å². The lowest BCUT2D eigenvalue weighted by Crippen LogP contribution is -2.71. The van der Waals surface area contributed by atoms with Crippen LogP contribution in [0.25, 0.3) is 0 Å². The Morgan fingerprint density at radius 1 is 0.667 bits per heavy atom. The molecule has 0 aromatic heterocycles. The van der Waals surface area contributed by atoms with Gasteiger partial charge in [0, 0.05) is 0 Å². The largest absolute Gasteiger partial charge is 0.386 e. The van der Waals surface area contributed by atoms with E-state index >= 15 is 0 Å². The van der Waals surface area contributed by atoms with Gasteiger partial charge in [-0.05, 0) is 53.9 Å². The lowest BCUT2D eigenvalue weighted by atomic mass is 9.90. The first-order valence-corrected chi connectivity index (χ1v) is 17.2. The summed E-state index contributed by atoms with van der Waals surface area (Å²) in [5.74, 6) is 0. The maximum absolute atomic E-state index is 12.7. The molecule has 2 heteroatoms. The van der Waals surface area contributed by atoms with Crippen LogP contribution in [0.2, 0.25) is 0 Å². The van der Waals surface area contributed by atoms with Gasteiger partial charge in [0.1, 0.15) is 0 Å². The Balaban J connectivity index is 2.03. The highest BCUT2D eigenvalue weighted by Gasteiger charge is 2.49. The molecule has 0 amide bonds. The molecular weight excluding hydrogens is 488 g/mol. The summed E-state index contributed by atoms with van der Waals surface area (Å²) in [6.45, 7) is 11.4. The van der Waals surface area contributed by atoms with E-state index in [2.05, 4.69) is 118 Å². The first-order chi connectivity index (χ1) is 18.9. The molecule has 0 heterocycles. The van der Waals surface area contributed by atoms with E-state index in [1.807, 2.05) is 0 Å². The van der Waals surface area contributed by atoms with E-state index in [1.165, 1.54) is 66.1 Å². The van der Waals surface area contributed by atoms with Gasteiger partial charge in [-0.25, -0.2) is 0 Å². The Kier molecular flexibility index (Phi) is 12.5. The first kappa shape index (κ1) is 30.9. The van der Waals surface area contributed by atoms with Crippen molar-refractivity contribution in [2.75, 3.05) is 0 Å². The fourth-order valence-corrected chi connectivity index (χ4v) is 11.1. The maximum atomic E-state index is 12.7. The molecule has 1 nitrogen and oxygen atoms in total. The quantitative estimate of drug-likeness (QED) is 0.0794. The lowest BCUT2D eigenvalue weighted by Gasteiger charge is -2.43. The Morgan fingerprint density at radius 3 is 1.49 bits per heavy atom. The van der Waals surface area contributed by atoms with Crippen LogP contribution in [0.5, 0.6) is 0 Å². The molecule has 3 aromatic carbocycles. The van der Waals surface area contributed by atoms with Crippen molar-refractivity contribution in [1.82, 2.24) is 0 Å². The summed E-state index contributed by atoms with van der Waals surface area (Å²) >= 11 is 0. The third kappa shape index (κ3) is 8.16.